The maximum atomic E-state index is 13.3. The first-order valence-electron chi connectivity index (χ1n) is 10.3. The van der Waals surface area contributed by atoms with Crippen molar-refractivity contribution >= 4 is 5.69 Å². The highest BCUT2D eigenvalue weighted by Crippen LogP contribution is 2.56. The molecule has 0 radical (unpaired) electrons. The number of aliphatic hydroxyl groups excluding tert-OH is 2. The third kappa shape index (κ3) is 2.72. The molecular formula is C23H27FN2O2. The fourth-order valence-electron chi connectivity index (χ4n) is 5.39. The Balaban J connectivity index is 1.50. The molecule has 0 aromatic heterocycles. The molecule has 1 fully saturated rings. The van der Waals surface area contributed by atoms with E-state index in [-0.39, 0.29) is 29.9 Å². The summed E-state index contributed by atoms with van der Waals surface area (Å²) < 4.78 is 13.3. The number of allylic oxidation sites excluding steroid dienone is 3. The van der Waals surface area contributed by atoms with E-state index in [0.29, 0.717) is 12.3 Å². The van der Waals surface area contributed by atoms with Crippen LogP contribution in [-0.2, 0) is 0 Å². The average Bonchev–Trinajstić information content (AvgIpc) is 3.37. The molecule has 1 heterocycles. The number of fused-ring (bicyclic) bond motifs is 1. The van der Waals surface area contributed by atoms with E-state index in [1.165, 1.54) is 28.9 Å². The molecule has 1 saturated carbocycles. The second-order valence-corrected chi connectivity index (χ2v) is 8.78. The number of nitrogens with one attached hydrogen (secondary N) is 1. The van der Waals surface area contributed by atoms with E-state index >= 15 is 0 Å². The molecule has 5 heteroatoms. The van der Waals surface area contributed by atoms with Gasteiger partial charge in [-0.25, -0.2) is 4.39 Å². The Morgan fingerprint density at radius 2 is 2.04 bits per heavy atom. The molecule has 3 aliphatic carbocycles. The van der Waals surface area contributed by atoms with Crippen LogP contribution in [0.25, 0.3) is 0 Å². The highest BCUT2D eigenvalue weighted by atomic mass is 19.1. The lowest BCUT2D eigenvalue weighted by molar-refractivity contribution is 0.0566. The van der Waals surface area contributed by atoms with Crippen LogP contribution in [0.4, 0.5) is 10.1 Å². The molecule has 148 valence electrons. The Hall–Kier alpha value is -2.11. The van der Waals surface area contributed by atoms with Gasteiger partial charge in [-0.2, -0.15) is 0 Å². The molecule has 3 atom stereocenters. The van der Waals surface area contributed by atoms with Gasteiger partial charge in [0.05, 0.1) is 24.1 Å². The highest BCUT2D eigenvalue weighted by molar-refractivity contribution is 5.65. The number of anilines is 1. The van der Waals surface area contributed by atoms with Crippen LogP contribution in [0.5, 0.6) is 0 Å². The largest absolute Gasteiger partial charge is 0.395 e. The molecule has 4 nitrogen and oxygen atoms in total. The molecule has 5 rings (SSSR count). The van der Waals surface area contributed by atoms with E-state index < -0.39 is 0 Å². The van der Waals surface area contributed by atoms with Crippen LogP contribution < -0.4 is 10.4 Å². The molecule has 0 saturated heterocycles. The zero-order valence-electron chi connectivity index (χ0n) is 16.2. The summed E-state index contributed by atoms with van der Waals surface area (Å²) in [7, 11) is 0. The van der Waals surface area contributed by atoms with Gasteiger partial charge in [-0.3, -0.25) is 5.01 Å². The number of hydrogen-bond donors (Lipinski definition) is 3. The third-order valence-corrected chi connectivity index (χ3v) is 7.04. The average molecular weight is 382 g/mol. The Morgan fingerprint density at radius 1 is 1.29 bits per heavy atom. The van der Waals surface area contributed by atoms with E-state index in [1.54, 1.807) is 12.1 Å². The summed E-state index contributed by atoms with van der Waals surface area (Å²) in [6.07, 6.45) is 8.60. The van der Waals surface area contributed by atoms with Gasteiger partial charge in [0, 0.05) is 23.1 Å². The molecule has 4 aliphatic rings. The molecular weight excluding hydrogens is 355 g/mol. The van der Waals surface area contributed by atoms with Gasteiger partial charge in [0.1, 0.15) is 5.82 Å². The predicted octanol–water partition coefficient (Wildman–Crippen LogP) is 3.80. The van der Waals surface area contributed by atoms with Crippen LogP contribution in [0, 0.1) is 23.1 Å². The minimum atomic E-state index is -0.317. The maximum absolute atomic E-state index is 13.3. The summed E-state index contributed by atoms with van der Waals surface area (Å²) in [5.74, 6) is 0.346. The summed E-state index contributed by atoms with van der Waals surface area (Å²) in [6.45, 7) is 2.29. The molecule has 3 N–H and O–H groups in total. The normalized spacial score (nSPS) is 29.9. The Kier molecular flexibility index (Phi) is 4.14. The number of hydrazine groups is 1. The smallest absolute Gasteiger partial charge is 0.123 e. The molecule has 0 bridgehead atoms. The van der Waals surface area contributed by atoms with E-state index in [9.17, 15) is 14.6 Å². The van der Waals surface area contributed by atoms with Crippen molar-refractivity contribution in [2.24, 2.45) is 17.3 Å². The summed E-state index contributed by atoms with van der Waals surface area (Å²) in [6, 6.07) is 6.48. The molecule has 0 amide bonds. The number of nitrogens with zero attached hydrogens (tertiary/aromatic N) is 1. The zero-order chi connectivity index (χ0) is 19.5. The highest BCUT2D eigenvalue weighted by Gasteiger charge is 2.48. The lowest BCUT2D eigenvalue weighted by Gasteiger charge is -2.38. The first-order valence-corrected chi connectivity index (χ1v) is 10.3. The van der Waals surface area contributed by atoms with Gasteiger partial charge in [0.25, 0.3) is 0 Å². The van der Waals surface area contributed by atoms with E-state index in [1.807, 2.05) is 11.2 Å². The summed E-state index contributed by atoms with van der Waals surface area (Å²) in [5, 5.41) is 23.0. The number of rotatable bonds is 5. The van der Waals surface area contributed by atoms with Gasteiger partial charge < -0.3 is 15.6 Å². The first kappa shape index (κ1) is 18.0. The molecule has 1 aromatic rings. The van der Waals surface area contributed by atoms with Gasteiger partial charge in [0.2, 0.25) is 0 Å². The van der Waals surface area contributed by atoms with Gasteiger partial charge in [-0.05, 0) is 73.9 Å². The van der Waals surface area contributed by atoms with Gasteiger partial charge in [-0.15, -0.1) is 0 Å². The van der Waals surface area contributed by atoms with Crippen LogP contribution in [0.2, 0.25) is 0 Å². The number of halogens is 1. The number of aliphatic hydroxyl groups is 2. The number of benzene rings is 1. The second-order valence-electron chi connectivity index (χ2n) is 8.78. The van der Waals surface area contributed by atoms with Crippen LogP contribution >= 0.6 is 0 Å². The maximum Gasteiger partial charge on any atom is 0.123 e. The topological polar surface area (TPSA) is 55.7 Å². The Labute approximate surface area is 165 Å². The van der Waals surface area contributed by atoms with Crippen molar-refractivity contribution in [3.05, 3.63) is 64.8 Å². The third-order valence-electron chi connectivity index (χ3n) is 7.04. The quantitative estimate of drug-likeness (QED) is 0.725. The van der Waals surface area contributed by atoms with E-state index in [4.69, 9.17) is 0 Å². The van der Waals surface area contributed by atoms with Gasteiger partial charge in [-0.1, -0.05) is 12.5 Å². The first-order chi connectivity index (χ1) is 13.5. The number of hydrogen-bond acceptors (Lipinski definition) is 4. The van der Waals surface area contributed by atoms with Crippen molar-refractivity contribution in [1.82, 2.24) is 5.43 Å². The summed E-state index contributed by atoms with van der Waals surface area (Å²) in [5.41, 5.74) is 8.75. The minimum Gasteiger partial charge on any atom is -0.395 e. The summed E-state index contributed by atoms with van der Waals surface area (Å²) >= 11 is 0. The van der Waals surface area contributed by atoms with E-state index in [0.717, 1.165) is 37.1 Å². The lowest BCUT2D eigenvalue weighted by Crippen LogP contribution is -2.35. The molecule has 1 aliphatic heterocycles. The van der Waals surface area contributed by atoms with Crippen molar-refractivity contribution in [2.45, 2.75) is 45.1 Å². The van der Waals surface area contributed by atoms with E-state index in [2.05, 4.69) is 18.4 Å². The van der Waals surface area contributed by atoms with Crippen molar-refractivity contribution in [3.63, 3.8) is 0 Å². The zero-order valence-corrected chi connectivity index (χ0v) is 16.2. The van der Waals surface area contributed by atoms with Gasteiger partial charge >= 0.3 is 0 Å². The lowest BCUT2D eigenvalue weighted by atomic mass is 9.69. The van der Waals surface area contributed by atoms with Crippen molar-refractivity contribution < 1.29 is 14.6 Å². The molecule has 1 unspecified atom stereocenters. The fraction of sp³-hybridized carbons (Fsp3) is 0.478. The molecule has 1 aromatic carbocycles. The molecule has 28 heavy (non-hydrogen) atoms. The SMILES string of the molecule is C[C@H]1C2=CNN(c3ccc(F)cc3)C2=CC2=C1[C@@](CO)(CC(O)C1CC1)CC2. The predicted molar refractivity (Wildman–Crippen MR) is 106 cm³/mol. The van der Waals surface area contributed by atoms with Crippen LogP contribution in [0.3, 0.4) is 0 Å². The molecule has 0 spiro atoms. The standard InChI is InChI=1S/C23H27FN2O2/c1-14-19-12-25-26(18-6-4-17(24)5-7-18)20(19)10-16-8-9-23(13-27,22(14)16)11-21(28)15-2-3-15/h4-7,10,12,14-15,21,25,27-28H,2-3,8-9,11,13H2,1H3/t14-,21?,23+/m0/s1. The van der Waals surface area contributed by atoms with Gasteiger partial charge in [0.15, 0.2) is 0 Å². The monoisotopic (exact) mass is 382 g/mol. The fourth-order valence-corrected chi connectivity index (χ4v) is 5.39. The van der Waals surface area contributed by atoms with Crippen LogP contribution in [0.15, 0.2) is 59.0 Å². The Morgan fingerprint density at radius 3 is 2.71 bits per heavy atom. The van der Waals surface area contributed by atoms with Crippen molar-refractivity contribution in [3.8, 4) is 0 Å². The summed E-state index contributed by atoms with van der Waals surface area (Å²) in [4.78, 5) is 0. The van der Waals surface area contributed by atoms with Crippen LogP contribution in [-0.4, -0.2) is 22.9 Å². The van der Waals surface area contributed by atoms with Crippen LogP contribution in [0.1, 0.15) is 39.0 Å². The Bertz CT molecular complexity index is 884. The van der Waals surface area contributed by atoms with Crippen molar-refractivity contribution in [1.29, 1.82) is 0 Å². The van der Waals surface area contributed by atoms with Crippen molar-refractivity contribution in [2.75, 3.05) is 11.6 Å². The minimum absolute atomic E-state index is 0.0888. The second kappa shape index (κ2) is 6.46.